The zero-order valence-corrected chi connectivity index (χ0v) is 12.0. The van der Waals surface area contributed by atoms with Crippen molar-refractivity contribution in [2.24, 2.45) is 5.73 Å². The lowest BCUT2D eigenvalue weighted by Gasteiger charge is -2.33. The molecule has 1 aliphatic heterocycles. The normalized spacial score (nSPS) is 19.8. The van der Waals surface area contributed by atoms with Gasteiger partial charge in [-0.2, -0.15) is 4.98 Å². The number of nitrogens with zero attached hydrogens (tertiary/aromatic N) is 3. The van der Waals surface area contributed by atoms with Gasteiger partial charge in [0.2, 0.25) is 11.7 Å². The van der Waals surface area contributed by atoms with Crippen LogP contribution < -0.4 is 5.73 Å². The third-order valence-electron chi connectivity index (χ3n) is 3.57. The van der Waals surface area contributed by atoms with Gasteiger partial charge in [-0.1, -0.05) is 11.6 Å². The molecule has 0 spiro atoms. The van der Waals surface area contributed by atoms with E-state index in [9.17, 15) is 0 Å². The van der Waals surface area contributed by atoms with Gasteiger partial charge in [-0.15, -0.1) is 12.4 Å². The van der Waals surface area contributed by atoms with Gasteiger partial charge in [0, 0.05) is 12.6 Å². The highest BCUT2D eigenvalue weighted by molar-refractivity contribution is 5.85. The number of nitrogens with two attached hydrogens (primary N) is 1. The molecule has 0 aliphatic carbocycles. The highest BCUT2D eigenvalue weighted by Crippen LogP contribution is 2.20. The molecular weight excluding hydrogens is 280 g/mol. The zero-order valence-electron chi connectivity index (χ0n) is 11.2. The number of furan rings is 1. The third kappa shape index (κ3) is 3.20. The van der Waals surface area contributed by atoms with E-state index in [1.807, 2.05) is 6.07 Å². The average Bonchev–Trinajstić information content (AvgIpc) is 3.09. The summed E-state index contributed by atoms with van der Waals surface area (Å²) in [4.78, 5) is 6.68. The average molecular weight is 299 g/mol. The van der Waals surface area contributed by atoms with Gasteiger partial charge >= 0.3 is 0 Å². The van der Waals surface area contributed by atoms with Crippen LogP contribution in [0.4, 0.5) is 0 Å². The summed E-state index contributed by atoms with van der Waals surface area (Å²) in [6.07, 6.45) is 5.20. The molecule has 3 rings (SSSR count). The maximum atomic E-state index is 5.81. The number of hydrogen-bond donors (Lipinski definition) is 1. The van der Waals surface area contributed by atoms with Crippen LogP contribution in [0.15, 0.2) is 27.3 Å². The molecule has 2 aromatic heterocycles. The van der Waals surface area contributed by atoms with Crippen LogP contribution in [0.2, 0.25) is 0 Å². The largest absolute Gasteiger partial charge is 0.461 e. The Labute approximate surface area is 123 Å². The first kappa shape index (κ1) is 15.0. The van der Waals surface area contributed by atoms with Gasteiger partial charge in [0.25, 0.3) is 0 Å². The fourth-order valence-corrected chi connectivity index (χ4v) is 2.53. The molecule has 20 heavy (non-hydrogen) atoms. The molecule has 3 heterocycles. The van der Waals surface area contributed by atoms with Crippen molar-refractivity contribution in [3.05, 3.63) is 24.3 Å². The molecule has 1 aliphatic rings. The molecule has 2 aromatic rings. The van der Waals surface area contributed by atoms with Gasteiger partial charge in [-0.25, -0.2) is 0 Å². The van der Waals surface area contributed by atoms with Crippen LogP contribution >= 0.6 is 12.4 Å². The predicted molar refractivity (Wildman–Crippen MR) is 76.4 cm³/mol. The van der Waals surface area contributed by atoms with E-state index in [0.29, 0.717) is 36.6 Å². The molecule has 1 fully saturated rings. The van der Waals surface area contributed by atoms with Crippen LogP contribution in [0.25, 0.3) is 11.6 Å². The van der Waals surface area contributed by atoms with Gasteiger partial charge in [-0.3, -0.25) is 4.90 Å². The summed E-state index contributed by atoms with van der Waals surface area (Å²) < 4.78 is 10.5. The number of aromatic nitrogens is 2. The van der Waals surface area contributed by atoms with Gasteiger partial charge in [-0.05, 0) is 31.5 Å². The first-order valence-electron chi connectivity index (χ1n) is 6.67. The van der Waals surface area contributed by atoms with Crippen LogP contribution in [-0.4, -0.2) is 34.2 Å². The van der Waals surface area contributed by atoms with Crippen molar-refractivity contribution in [3.8, 4) is 11.6 Å². The molecule has 0 saturated carbocycles. The molecule has 110 valence electrons. The minimum absolute atomic E-state index is 0. The Balaban J connectivity index is 0.00000147. The van der Waals surface area contributed by atoms with Crippen molar-refractivity contribution >= 4 is 12.4 Å². The maximum Gasteiger partial charge on any atom is 0.241 e. The van der Waals surface area contributed by atoms with Crippen molar-refractivity contribution in [1.29, 1.82) is 0 Å². The fourth-order valence-electron chi connectivity index (χ4n) is 2.53. The van der Waals surface area contributed by atoms with Crippen LogP contribution in [0, 0.1) is 0 Å². The second-order valence-electron chi connectivity index (χ2n) is 4.84. The monoisotopic (exact) mass is 298 g/mol. The number of halogens is 1. The first-order chi connectivity index (χ1) is 9.36. The summed E-state index contributed by atoms with van der Waals surface area (Å²) in [6.45, 7) is 2.38. The van der Waals surface area contributed by atoms with Crippen molar-refractivity contribution in [2.45, 2.75) is 31.8 Å². The summed E-state index contributed by atoms with van der Waals surface area (Å²) in [5.74, 6) is 1.75. The zero-order chi connectivity index (χ0) is 13.1. The van der Waals surface area contributed by atoms with E-state index in [1.165, 1.54) is 12.8 Å². The fraction of sp³-hybridized carbons (Fsp3) is 0.538. The van der Waals surface area contributed by atoms with Crippen LogP contribution in [0.1, 0.15) is 25.2 Å². The molecule has 6 nitrogen and oxygen atoms in total. The van der Waals surface area contributed by atoms with E-state index >= 15 is 0 Å². The Morgan fingerprint density at radius 1 is 1.40 bits per heavy atom. The topological polar surface area (TPSA) is 81.3 Å². The first-order valence-corrected chi connectivity index (χ1v) is 6.67. The van der Waals surface area contributed by atoms with Gasteiger partial charge < -0.3 is 14.7 Å². The Kier molecular flexibility index (Phi) is 5.17. The molecule has 7 heteroatoms. The standard InChI is InChI=1S/C13H18N4O2.ClH/c14-8-10-4-1-2-6-17(10)9-12-15-13(16-19-12)11-5-3-7-18-11;/h3,5,7,10H,1-2,4,6,8-9,14H2;1H. The van der Waals surface area contributed by atoms with Crippen LogP contribution in [0.5, 0.6) is 0 Å². The molecule has 1 atom stereocenters. The molecule has 1 saturated heterocycles. The Bertz CT molecular complexity index is 514. The molecule has 0 bridgehead atoms. The van der Waals surface area contributed by atoms with E-state index in [2.05, 4.69) is 15.0 Å². The number of rotatable bonds is 4. The van der Waals surface area contributed by atoms with Crippen LogP contribution in [-0.2, 0) is 6.54 Å². The second kappa shape index (κ2) is 6.88. The molecule has 1 unspecified atom stereocenters. The van der Waals surface area contributed by atoms with E-state index in [0.717, 1.165) is 13.0 Å². The maximum absolute atomic E-state index is 5.81. The van der Waals surface area contributed by atoms with Gasteiger partial charge in [0.1, 0.15) is 0 Å². The van der Waals surface area contributed by atoms with Crippen LogP contribution in [0.3, 0.4) is 0 Å². The molecular formula is C13H19ClN4O2. The lowest BCUT2D eigenvalue weighted by molar-refractivity contribution is 0.128. The van der Waals surface area contributed by atoms with E-state index in [1.54, 1.807) is 12.3 Å². The van der Waals surface area contributed by atoms with Crippen molar-refractivity contribution in [3.63, 3.8) is 0 Å². The number of likely N-dealkylation sites (tertiary alicyclic amines) is 1. The lowest BCUT2D eigenvalue weighted by Crippen LogP contribution is -2.43. The summed E-state index contributed by atoms with van der Waals surface area (Å²) >= 11 is 0. The Morgan fingerprint density at radius 3 is 3.05 bits per heavy atom. The number of hydrogen-bond acceptors (Lipinski definition) is 6. The summed E-state index contributed by atoms with van der Waals surface area (Å²) in [5.41, 5.74) is 5.81. The van der Waals surface area contributed by atoms with E-state index in [4.69, 9.17) is 14.7 Å². The second-order valence-corrected chi connectivity index (χ2v) is 4.84. The van der Waals surface area contributed by atoms with Gasteiger partial charge in [0.15, 0.2) is 5.76 Å². The smallest absolute Gasteiger partial charge is 0.241 e. The summed E-state index contributed by atoms with van der Waals surface area (Å²) in [7, 11) is 0. The van der Waals surface area contributed by atoms with E-state index in [-0.39, 0.29) is 12.4 Å². The van der Waals surface area contributed by atoms with E-state index < -0.39 is 0 Å². The van der Waals surface area contributed by atoms with Crippen molar-refractivity contribution in [2.75, 3.05) is 13.1 Å². The molecule has 0 radical (unpaired) electrons. The SMILES string of the molecule is Cl.NCC1CCCCN1Cc1nc(-c2ccco2)no1. The molecule has 0 aromatic carbocycles. The number of piperidine rings is 1. The van der Waals surface area contributed by atoms with Crippen molar-refractivity contribution in [1.82, 2.24) is 15.0 Å². The lowest BCUT2D eigenvalue weighted by atomic mass is 10.0. The minimum atomic E-state index is 0. The Morgan fingerprint density at radius 2 is 2.30 bits per heavy atom. The molecule has 2 N–H and O–H groups in total. The quantitative estimate of drug-likeness (QED) is 0.930. The summed E-state index contributed by atoms with van der Waals surface area (Å²) in [6, 6.07) is 4.05. The summed E-state index contributed by atoms with van der Waals surface area (Å²) in [5, 5.41) is 3.94. The predicted octanol–water partition coefficient (Wildman–Crippen LogP) is 2.06. The highest BCUT2D eigenvalue weighted by Gasteiger charge is 2.23. The molecule has 0 amide bonds. The minimum Gasteiger partial charge on any atom is -0.461 e. The third-order valence-corrected chi connectivity index (χ3v) is 3.57. The van der Waals surface area contributed by atoms with Crippen molar-refractivity contribution < 1.29 is 8.94 Å². The highest BCUT2D eigenvalue weighted by atomic mass is 35.5. The van der Waals surface area contributed by atoms with Gasteiger partial charge in [0.05, 0.1) is 12.8 Å². The Hall–Kier alpha value is -1.37.